The number of benzene rings is 9. The van der Waals surface area contributed by atoms with Crippen molar-refractivity contribution in [3.05, 3.63) is 251 Å². The van der Waals surface area contributed by atoms with Crippen molar-refractivity contribution in [1.29, 1.82) is 0 Å². The number of hydrogen-bond donors (Lipinski definition) is 0. The van der Waals surface area contributed by atoms with Crippen LogP contribution in [0.3, 0.4) is 0 Å². The number of para-hydroxylation sites is 4. The third kappa shape index (κ3) is 5.43. The molecule has 0 fully saturated rings. The highest BCUT2D eigenvalue weighted by molar-refractivity contribution is 6.99. The number of hydrogen-bond acceptors (Lipinski definition) is 3. The summed E-state index contributed by atoms with van der Waals surface area (Å²) in [5.74, 6) is 0. The maximum absolute atomic E-state index is 6.75. The van der Waals surface area contributed by atoms with Crippen LogP contribution >= 0.6 is 0 Å². The molecule has 0 atom stereocenters. The van der Waals surface area contributed by atoms with E-state index < -0.39 is 5.41 Å². The van der Waals surface area contributed by atoms with Gasteiger partial charge in [-0.15, -0.1) is 0 Å². The van der Waals surface area contributed by atoms with Crippen LogP contribution in [0, 0.1) is 0 Å². The summed E-state index contributed by atoms with van der Waals surface area (Å²) >= 11 is 0. The van der Waals surface area contributed by atoms with E-state index >= 15 is 0 Å². The van der Waals surface area contributed by atoms with Gasteiger partial charge in [-0.3, -0.25) is 0 Å². The predicted octanol–water partition coefficient (Wildman–Crippen LogP) is 14.5. The van der Waals surface area contributed by atoms with Gasteiger partial charge in [-0.25, -0.2) is 0 Å². The number of furan rings is 1. The van der Waals surface area contributed by atoms with Gasteiger partial charge in [0.25, 0.3) is 0 Å². The molecule has 1 aliphatic carbocycles. The summed E-state index contributed by atoms with van der Waals surface area (Å²) in [4.78, 5) is 5.19. The molecule has 0 saturated carbocycles. The molecule has 0 saturated heterocycles. The smallest absolute Gasteiger partial charge is 0.247 e. The fourth-order valence-electron chi connectivity index (χ4n) is 13.2. The van der Waals surface area contributed by atoms with Crippen molar-refractivity contribution < 1.29 is 4.42 Å². The van der Waals surface area contributed by atoms with Crippen LogP contribution in [0.5, 0.6) is 0 Å². The highest BCUT2D eigenvalue weighted by Gasteiger charge is 2.52. The van der Waals surface area contributed by atoms with E-state index in [0.29, 0.717) is 0 Å². The maximum Gasteiger partial charge on any atom is 0.247 e. The van der Waals surface area contributed by atoms with Gasteiger partial charge in [0, 0.05) is 55.9 Å². The Morgan fingerprint density at radius 1 is 0.471 bits per heavy atom. The normalized spacial score (nSPS) is 16.2. The average molecular weight is 873 g/mol. The van der Waals surface area contributed by atoms with Gasteiger partial charge in [-0.1, -0.05) is 189 Å². The third-order valence-corrected chi connectivity index (χ3v) is 16.0. The van der Waals surface area contributed by atoms with Crippen LogP contribution in [0.1, 0.15) is 67.3 Å². The van der Waals surface area contributed by atoms with Crippen LogP contribution in [0.2, 0.25) is 0 Å². The zero-order valence-electron chi connectivity index (χ0n) is 38.4. The molecular weight excluding hydrogens is 824 g/mol. The lowest BCUT2D eigenvalue weighted by atomic mass is 9.29. The highest BCUT2D eigenvalue weighted by atomic mass is 16.3. The second-order valence-corrected chi connectivity index (χ2v) is 19.8. The molecule has 14 rings (SSSR count). The van der Waals surface area contributed by atoms with Crippen LogP contribution < -0.4 is 26.2 Å². The average Bonchev–Trinajstić information content (AvgIpc) is 3.79. The van der Waals surface area contributed by atoms with Gasteiger partial charge in [0.2, 0.25) is 6.71 Å². The molecule has 4 heteroatoms. The molecule has 0 radical (unpaired) electrons. The summed E-state index contributed by atoms with van der Waals surface area (Å²) in [6.07, 6.45) is 4.66. The van der Waals surface area contributed by atoms with Gasteiger partial charge in [0.15, 0.2) is 0 Å². The monoisotopic (exact) mass is 872 g/mol. The molecular formula is C64H49BN2O. The van der Waals surface area contributed by atoms with E-state index in [1.165, 1.54) is 85.5 Å². The van der Waals surface area contributed by atoms with E-state index in [-0.39, 0.29) is 12.1 Å². The predicted molar refractivity (Wildman–Crippen MR) is 284 cm³/mol. The molecule has 0 unspecified atom stereocenters. The lowest BCUT2D eigenvalue weighted by molar-refractivity contribution is 0.517. The standard InChI is InChI=1S/C64H49BN2O/c1-63(2)51-29-13-15-32-56(51)67(57-33-16-14-30-52(57)63)46-37-39-54-59(41-46)66(45-24-10-5-11-25-45)58-34-19-31-53-61(58)65(54)55-40-42(47-27-18-28-49-48-26-12-17-35-60(48)68-62(47)49)36-38-50(55)64(53,43-20-6-3-7-21-43)44-22-8-4-9-23-44/h3-13,15,17-29,31-32,34-41H,14,16,30,33H2,1-2H3. The quantitative estimate of drug-likeness (QED) is 0.161. The molecule has 4 heterocycles. The molecule has 1 aromatic heterocycles. The molecule has 0 amide bonds. The van der Waals surface area contributed by atoms with E-state index in [4.69, 9.17) is 4.42 Å². The minimum Gasteiger partial charge on any atom is -0.455 e. The van der Waals surface area contributed by atoms with Crippen molar-refractivity contribution >= 4 is 73.5 Å². The van der Waals surface area contributed by atoms with Crippen LogP contribution in [0.15, 0.2) is 228 Å². The first-order chi connectivity index (χ1) is 33.5. The SMILES string of the molecule is CC1(C)C2=C(CCCC2)N(c2ccc3c(c2)N(c2ccccc2)c2cccc4c2B3c2cc(-c3cccc5c3oc3ccccc35)ccc2C4(c2ccccc2)c2ccccc2)c2ccccc21. The molecule has 3 aliphatic heterocycles. The summed E-state index contributed by atoms with van der Waals surface area (Å²) in [7, 11) is 0. The first-order valence-corrected chi connectivity index (χ1v) is 24.4. The number of fused-ring (bicyclic) bond motifs is 8. The Morgan fingerprint density at radius 2 is 1.13 bits per heavy atom. The molecule has 324 valence electrons. The van der Waals surface area contributed by atoms with Gasteiger partial charge >= 0.3 is 0 Å². The Balaban J connectivity index is 1.08. The van der Waals surface area contributed by atoms with E-state index in [2.05, 4.69) is 236 Å². The van der Waals surface area contributed by atoms with Crippen molar-refractivity contribution in [2.45, 2.75) is 50.4 Å². The largest absolute Gasteiger partial charge is 0.455 e. The second-order valence-electron chi connectivity index (χ2n) is 19.8. The Labute approximate surface area is 398 Å². The second kappa shape index (κ2) is 14.8. The number of rotatable bonds is 5. The van der Waals surface area contributed by atoms with E-state index in [1.807, 2.05) is 0 Å². The lowest BCUT2D eigenvalue weighted by Gasteiger charge is -2.49. The minimum absolute atomic E-state index is 0.0251. The third-order valence-electron chi connectivity index (χ3n) is 16.0. The van der Waals surface area contributed by atoms with E-state index in [0.717, 1.165) is 51.6 Å². The molecule has 10 aromatic rings. The van der Waals surface area contributed by atoms with Gasteiger partial charge in [0.05, 0.1) is 5.41 Å². The van der Waals surface area contributed by atoms with Crippen LogP contribution in [-0.4, -0.2) is 6.71 Å². The van der Waals surface area contributed by atoms with Crippen LogP contribution in [0.25, 0.3) is 33.1 Å². The molecule has 0 spiro atoms. The Bertz CT molecular complexity index is 3640. The fourth-order valence-corrected chi connectivity index (χ4v) is 13.2. The Hall–Kier alpha value is -7.82. The Morgan fingerprint density at radius 3 is 1.94 bits per heavy atom. The molecule has 0 bridgehead atoms. The fraction of sp³-hybridized carbons (Fsp3) is 0.125. The van der Waals surface area contributed by atoms with Gasteiger partial charge in [-0.2, -0.15) is 0 Å². The summed E-state index contributed by atoms with van der Waals surface area (Å²) in [6, 6.07) is 79.5. The first-order valence-electron chi connectivity index (χ1n) is 24.4. The zero-order chi connectivity index (χ0) is 45.1. The number of anilines is 5. The first kappa shape index (κ1) is 39.4. The van der Waals surface area contributed by atoms with Gasteiger partial charge in [0.1, 0.15) is 11.2 Å². The highest BCUT2D eigenvalue weighted by Crippen LogP contribution is 2.54. The molecule has 0 N–H and O–H groups in total. The van der Waals surface area contributed by atoms with Crippen molar-refractivity contribution in [2.24, 2.45) is 0 Å². The van der Waals surface area contributed by atoms with Crippen molar-refractivity contribution in [1.82, 2.24) is 0 Å². The van der Waals surface area contributed by atoms with Crippen molar-refractivity contribution in [3.63, 3.8) is 0 Å². The zero-order valence-corrected chi connectivity index (χ0v) is 38.4. The summed E-state index contributed by atoms with van der Waals surface area (Å²) in [5, 5.41) is 2.28. The van der Waals surface area contributed by atoms with Crippen molar-refractivity contribution in [2.75, 3.05) is 9.80 Å². The topological polar surface area (TPSA) is 19.6 Å². The molecule has 9 aromatic carbocycles. The summed E-state index contributed by atoms with van der Waals surface area (Å²) in [5.41, 5.74) is 23.1. The summed E-state index contributed by atoms with van der Waals surface area (Å²) < 4.78 is 6.75. The molecule has 3 nitrogen and oxygen atoms in total. The van der Waals surface area contributed by atoms with Crippen molar-refractivity contribution in [3.8, 4) is 11.1 Å². The molecule has 4 aliphatic rings. The van der Waals surface area contributed by atoms with Gasteiger partial charge in [-0.05, 0) is 118 Å². The number of nitrogens with zero attached hydrogens (tertiary/aromatic N) is 2. The van der Waals surface area contributed by atoms with E-state index in [9.17, 15) is 0 Å². The molecule has 68 heavy (non-hydrogen) atoms. The number of allylic oxidation sites excluding steroid dienone is 2. The lowest BCUT2D eigenvalue weighted by Crippen LogP contribution is -2.65. The summed E-state index contributed by atoms with van der Waals surface area (Å²) in [6.45, 7) is 4.82. The van der Waals surface area contributed by atoms with Crippen LogP contribution in [0.4, 0.5) is 28.4 Å². The minimum atomic E-state index is -0.614. The van der Waals surface area contributed by atoms with Crippen LogP contribution in [-0.2, 0) is 10.8 Å². The maximum atomic E-state index is 6.75. The van der Waals surface area contributed by atoms with Gasteiger partial charge < -0.3 is 14.2 Å². The Kier molecular flexibility index (Phi) is 8.59. The van der Waals surface area contributed by atoms with E-state index in [1.54, 1.807) is 5.57 Å².